The maximum absolute atomic E-state index is 10.9. The molecule has 2 rings (SSSR count). The van der Waals surface area contributed by atoms with Crippen molar-refractivity contribution < 1.29 is 9.90 Å². The first-order valence-corrected chi connectivity index (χ1v) is 5.41. The molecular weight excluding hydrogens is 236 g/mol. The second-order valence-electron chi connectivity index (χ2n) is 4.03. The average Bonchev–Trinajstić information content (AvgIpc) is 2.27. The van der Waals surface area contributed by atoms with Crippen LogP contribution in [0, 0.1) is 6.92 Å². The van der Waals surface area contributed by atoms with Gasteiger partial charge >= 0.3 is 6.09 Å². The van der Waals surface area contributed by atoms with Gasteiger partial charge in [0.1, 0.15) is 0 Å². The zero-order chi connectivity index (χ0) is 13.3. The normalized spacial score (nSPS) is 13.9. The minimum Gasteiger partial charge on any atom is -0.465 e. The molecule has 0 bridgehead atoms. The lowest BCUT2D eigenvalue weighted by atomic mass is 10.0. The molecule has 1 aliphatic rings. The molecule has 5 N–H and O–H groups in total. The minimum absolute atomic E-state index is 0.0997. The number of guanidine groups is 1. The number of hydrogen-bond donors (Lipinski definition) is 3. The van der Waals surface area contributed by atoms with Crippen molar-refractivity contribution >= 4 is 18.0 Å². The van der Waals surface area contributed by atoms with E-state index in [9.17, 15) is 4.79 Å². The quantitative estimate of drug-likeness (QED) is 0.464. The van der Waals surface area contributed by atoms with Crippen LogP contribution in [0.5, 0.6) is 0 Å². The van der Waals surface area contributed by atoms with Crippen LogP contribution in [0.25, 0.3) is 0 Å². The Morgan fingerprint density at radius 2 is 2.17 bits per heavy atom. The maximum Gasteiger partial charge on any atom is 0.407 e. The van der Waals surface area contributed by atoms with Gasteiger partial charge in [0.15, 0.2) is 5.96 Å². The Bertz CT molecular complexity index is 523. The summed E-state index contributed by atoms with van der Waals surface area (Å²) in [5.74, 6) is 0.118. The second kappa shape index (κ2) is 4.47. The van der Waals surface area contributed by atoms with E-state index >= 15 is 0 Å². The Labute approximate surface area is 103 Å². The van der Waals surface area contributed by atoms with Crippen molar-refractivity contribution in [3.63, 3.8) is 0 Å². The summed E-state index contributed by atoms with van der Waals surface area (Å²) in [6.45, 7) is 2.51. The van der Waals surface area contributed by atoms with Crippen molar-refractivity contribution in [3.05, 3.63) is 17.0 Å². The fraction of sp³-hybridized carbons (Fsp3) is 0.400. The molecule has 0 radical (unpaired) electrons. The third-order valence-corrected chi connectivity index (χ3v) is 2.75. The molecule has 1 aromatic heterocycles. The van der Waals surface area contributed by atoms with E-state index in [0.717, 1.165) is 11.3 Å². The molecular formula is C10H14N6O2. The van der Waals surface area contributed by atoms with Crippen LogP contribution < -0.4 is 11.5 Å². The summed E-state index contributed by atoms with van der Waals surface area (Å²) in [5, 5.41) is 8.96. The number of carbonyl (C=O) groups is 1. The topological polar surface area (TPSA) is 131 Å². The van der Waals surface area contributed by atoms with Crippen LogP contribution in [0.4, 0.5) is 10.7 Å². The molecule has 0 fully saturated rings. The van der Waals surface area contributed by atoms with Gasteiger partial charge in [-0.25, -0.2) is 14.8 Å². The van der Waals surface area contributed by atoms with Crippen LogP contribution in [-0.2, 0) is 13.0 Å². The number of nitrogens with two attached hydrogens (primary N) is 2. The highest BCUT2D eigenvalue weighted by Gasteiger charge is 2.23. The predicted molar refractivity (Wildman–Crippen MR) is 64.4 cm³/mol. The number of aryl methyl sites for hydroxylation is 1. The highest BCUT2D eigenvalue weighted by molar-refractivity contribution is 5.77. The van der Waals surface area contributed by atoms with Crippen molar-refractivity contribution in [1.29, 1.82) is 0 Å². The second-order valence-corrected chi connectivity index (χ2v) is 4.03. The lowest BCUT2D eigenvalue weighted by Crippen LogP contribution is -2.35. The molecule has 0 aromatic carbocycles. The SMILES string of the molecule is Cc1nc(N=C(N)N)nc2c1CN(C(=O)O)CC2. The zero-order valence-corrected chi connectivity index (χ0v) is 9.92. The molecule has 1 amide bonds. The number of nitrogens with zero attached hydrogens (tertiary/aromatic N) is 4. The van der Waals surface area contributed by atoms with E-state index in [-0.39, 0.29) is 11.9 Å². The monoisotopic (exact) mass is 250 g/mol. The van der Waals surface area contributed by atoms with Gasteiger partial charge in [-0.05, 0) is 6.92 Å². The molecule has 2 heterocycles. The summed E-state index contributed by atoms with van der Waals surface area (Å²) in [4.78, 5) is 24.4. The van der Waals surface area contributed by atoms with Crippen LogP contribution in [-0.4, -0.2) is 38.6 Å². The number of rotatable bonds is 1. The molecule has 0 unspecified atom stereocenters. The average molecular weight is 250 g/mol. The van der Waals surface area contributed by atoms with Crippen molar-refractivity contribution in [2.75, 3.05) is 6.54 Å². The number of amides is 1. The standard InChI is InChI=1S/C10H14N6O2/c1-5-6-4-16(10(17)18)3-2-7(6)14-9(13-5)15-8(11)12/h2-4H2,1H3,(H,17,18)(H4,11,12,13,14,15). The Morgan fingerprint density at radius 1 is 1.44 bits per heavy atom. The van der Waals surface area contributed by atoms with E-state index in [0.29, 0.717) is 25.2 Å². The van der Waals surface area contributed by atoms with Crippen molar-refractivity contribution in [2.45, 2.75) is 19.9 Å². The summed E-state index contributed by atoms with van der Waals surface area (Å²) >= 11 is 0. The molecule has 0 saturated carbocycles. The molecule has 1 aliphatic heterocycles. The lowest BCUT2D eigenvalue weighted by Gasteiger charge is -2.26. The van der Waals surface area contributed by atoms with E-state index in [1.807, 2.05) is 0 Å². The van der Waals surface area contributed by atoms with Gasteiger partial charge in [0, 0.05) is 24.2 Å². The smallest absolute Gasteiger partial charge is 0.407 e. The summed E-state index contributed by atoms with van der Waals surface area (Å²) in [5.41, 5.74) is 12.9. The zero-order valence-electron chi connectivity index (χ0n) is 9.92. The summed E-state index contributed by atoms with van der Waals surface area (Å²) in [7, 11) is 0. The van der Waals surface area contributed by atoms with Crippen LogP contribution >= 0.6 is 0 Å². The number of aliphatic imine (C=N–C) groups is 1. The molecule has 1 aromatic rings. The van der Waals surface area contributed by atoms with Crippen LogP contribution in [0.3, 0.4) is 0 Å². The third kappa shape index (κ3) is 2.31. The fourth-order valence-electron chi connectivity index (χ4n) is 1.89. The largest absolute Gasteiger partial charge is 0.465 e. The molecule has 0 aliphatic carbocycles. The van der Waals surface area contributed by atoms with Gasteiger partial charge in [-0.3, -0.25) is 0 Å². The van der Waals surface area contributed by atoms with Gasteiger partial charge in [-0.1, -0.05) is 0 Å². The van der Waals surface area contributed by atoms with Crippen molar-refractivity contribution in [2.24, 2.45) is 16.5 Å². The Morgan fingerprint density at radius 3 is 2.78 bits per heavy atom. The van der Waals surface area contributed by atoms with Crippen molar-refractivity contribution in [1.82, 2.24) is 14.9 Å². The van der Waals surface area contributed by atoms with Crippen LogP contribution in [0.1, 0.15) is 17.0 Å². The molecule has 0 saturated heterocycles. The van der Waals surface area contributed by atoms with E-state index < -0.39 is 6.09 Å². The first-order chi connectivity index (χ1) is 8.47. The minimum atomic E-state index is -0.937. The van der Waals surface area contributed by atoms with Gasteiger partial charge in [0.2, 0.25) is 0 Å². The van der Waals surface area contributed by atoms with Crippen LogP contribution in [0.2, 0.25) is 0 Å². The summed E-state index contributed by atoms with van der Waals surface area (Å²) in [6.07, 6.45) is -0.397. The van der Waals surface area contributed by atoms with E-state index in [4.69, 9.17) is 16.6 Å². The Balaban J connectivity index is 2.37. The highest BCUT2D eigenvalue weighted by Crippen LogP contribution is 2.22. The van der Waals surface area contributed by atoms with E-state index in [1.165, 1.54) is 4.90 Å². The predicted octanol–water partition coefficient (Wildman–Crippen LogP) is -0.274. The first kappa shape index (κ1) is 12.1. The Kier molecular flexibility index (Phi) is 3.00. The summed E-state index contributed by atoms with van der Waals surface area (Å²) < 4.78 is 0. The lowest BCUT2D eigenvalue weighted by molar-refractivity contribution is 0.139. The van der Waals surface area contributed by atoms with Gasteiger partial charge in [0.25, 0.3) is 5.95 Å². The van der Waals surface area contributed by atoms with Crippen LogP contribution in [0.15, 0.2) is 4.99 Å². The Hall–Kier alpha value is -2.38. The summed E-state index contributed by atoms with van der Waals surface area (Å²) in [6, 6.07) is 0. The highest BCUT2D eigenvalue weighted by atomic mass is 16.4. The van der Waals surface area contributed by atoms with Gasteiger partial charge in [-0.2, -0.15) is 4.99 Å². The number of aromatic nitrogens is 2. The van der Waals surface area contributed by atoms with E-state index in [2.05, 4.69) is 15.0 Å². The first-order valence-electron chi connectivity index (χ1n) is 5.41. The molecule has 18 heavy (non-hydrogen) atoms. The molecule has 0 atom stereocenters. The third-order valence-electron chi connectivity index (χ3n) is 2.75. The maximum atomic E-state index is 10.9. The van der Waals surface area contributed by atoms with E-state index in [1.54, 1.807) is 6.92 Å². The fourth-order valence-corrected chi connectivity index (χ4v) is 1.89. The number of carboxylic acid groups (broad SMARTS) is 1. The van der Waals surface area contributed by atoms with Gasteiger partial charge < -0.3 is 21.5 Å². The van der Waals surface area contributed by atoms with Gasteiger partial charge in [-0.15, -0.1) is 0 Å². The molecule has 96 valence electrons. The number of fused-ring (bicyclic) bond motifs is 1. The molecule has 8 nitrogen and oxygen atoms in total. The molecule has 0 spiro atoms. The number of hydrogen-bond acceptors (Lipinski definition) is 4. The van der Waals surface area contributed by atoms with Gasteiger partial charge in [0.05, 0.1) is 12.2 Å². The molecule has 8 heteroatoms. The van der Waals surface area contributed by atoms with Crippen molar-refractivity contribution in [3.8, 4) is 0 Å².